The molecule has 1 unspecified atom stereocenters. The van der Waals surface area contributed by atoms with Crippen LogP contribution in [0.1, 0.15) is 36.9 Å². The molecule has 7 heteroatoms. The van der Waals surface area contributed by atoms with E-state index in [2.05, 4.69) is 34.4 Å². The molecule has 0 amide bonds. The molecule has 1 aliphatic heterocycles. The topological polar surface area (TPSA) is 49.8 Å². The third-order valence-corrected chi connectivity index (χ3v) is 5.08. The molecule has 1 fully saturated rings. The number of methoxy groups -OCH3 is 1. The number of likely N-dealkylation sites (tertiary alicyclic amines) is 1. The second-order valence-electron chi connectivity index (χ2n) is 6.13. The minimum Gasteiger partial charge on any atom is -0.384 e. The summed E-state index contributed by atoms with van der Waals surface area (Å²) in [7, 11) is 1.78. The minimum atomic E-state index is 0. The summed E-state index contributed by atoms with van der Waals surface area (Å²) < 4.78 is 5.28. The molecule has 1 aromatic rings. The number of hydrogen-bond acceptors (Lipinski definition) is 4. The molecule has 1 saturated heterocycles. The van der Waals surface area contributed by atoms with E-state index in [1.54, 1.807) is 18.4 Å². The Balaban J connectivity index is 0.00000288. The number of guanidine groups is 1. The van der Waals surface area contributed by atoms with Gasteiger partial charge in [-0.1, -0.05) is 0 Å². The van der Waals surface area contributed by atoms with Crippen molar-refractivity contribution in [3.8, 4) is 0 Å². The maximum absolute atomic E-state index is 5.28. The molecular weight excluding hydrogens is 435 g/mol. The molecule has 1 aromatic heterocycles. The van der Waals surface area contributed by atoms with Crippen molar-refractivity contribution in [2.45, 2.75) is 39.5 Å². The number of ether oxygens (including phenoxy) is 1. The Kier molecular flexibility index (Phi) is 10.8. The number of nitrogens with one attached hydrogen (secondary N) is 1. The highest BCUT2D eigenvalue weighted by Crippen LogP contribution is 2.16. The lowest BCUT2D eigenvalue weighted by Crippen LogP contribution is -2.40. The summed E-state index contributed by atoms with van der Waals surface area (Å²) in [6, 6.07) is 0. The fraction of sp³-hybridized carbons (Fsp3) is 0.765. The van der Waals surface area contributed by atoms with Gasteiger partial charge in [-0.25, -0.2) is 4.98 Å². The van der Waals surface area contributed by atoms with Gasteiger partial charge >= 0.3 is 0 Å². The lowest BCUT2D eigenvalue weighted by Gasteiger charge is -2.21. The number of rotatable bonds is 8. The van der Waals surface area contributed by atoms with Crippen LogP contribution in [0.25, 0.3) is 0 Å². The fourth-order valence-electron chi connectivity index (χ4n) is 2.91. The minimum absolute atomic E-state index is 0. The first-order valence-electron chi connectivity index (χ1n) is 8.66. The van der Waals surface area contributed by atoms with E-state index in [0.29, 0.717) is 5.92 Å². The molecule has 0 bridgehead atoms. The van der Waals surface area contributed by atoms with Crippen molar-refractivity contribution in [3.63, 3.8) is 0 Å². The standard InChI is InChI=1S/C17H30N4OS.HI/c1-4-18-17(21-10-8-15(11-21)12-22-3)19-9-6-5-7-16-20-14(2)13-23-16;/h13,15H,4-12H2,1-3H3,(H,18,19);1H. The maximum Gasteiger partial charge on any atom is 0.193 e. The Bertz CT molecular complexity index is 495. The second-order valence-corrected chi connectivity index (χ2v) is 7.07. The van der Waals surface area contributed by atoms with Crippen molar-refractivity contribution in [1.29, 1.82) is 0 Å². The van der Waals surface area contributed by atoms with Crippen LogP contribution in [-0.4, -0.2) is 55.7 Å². The molecule has 0 spiro atoms. The zero-order valence-corrected chi connectivity index (χ0v) is 18.2. The summed E-state index contributed by atoms with van der Waals surface area (Å²) >= 11 is 1.77. The Morgan fingerprint density at radius 3 is 3.00 bits per heavy atom. The summed E-state index contributed by atoms with van der Waals surface area (Å²) in [4.78, 5) is 11.7. The lowest BCUT2D eigenvalue weighted by molar-refractivity contribution is 0.157. The molecule has 2 rings (SSSR count). The van der Waals surface area contributed by atoms with E-state index >= 15 is 0 Å². The summed E-state index contributed by atoms with van der Waals surface area (Å²) in [6.07, 6.45) is 4.54. The molecule has 0 aromatic carbocycles. The van der Waals surface area contributed by atoms with Crippen molar-refractivity contribution in [2.24, 2.45) is 10.9 Å². The summed E-state index contributed by atoms with van der Waals surface area (Å²) in [5.41, 5.74) is 1.14. The number of aliphatic imine (C=N–C) groups is 1. The fourth-order valence-corrected chi connectivity index (χ4v) is 3.73. The van der Waals surface area contributed by atoms with Crippen molar-refractivity contribution in [1.82, 2.24) is 15.2 Å². The summed E-state index contributed by atoms with van der Waals surface area (Å²) in [6.45, 7) is 8.98. The van der Waals surface area contributed by atoms with Gasteiger partial charge in [-0.2, -0.15) is 0 Å². The van der Waals surface area contributed by atoms with Gasteiger partial charge in [0.25, 0.3) is 0 Å². The number of halogens is 1. The molecule has 0 saturated carbocycles. The first-order valence-corrected chi connectivity index (χ1v) is 9.54. The lowest BCUT2D eigenvalue weighted by atomic mass is 10.1. The van der Waals surface area contributed by atoms with Crippen molar-refractivity contribution in [2.75, 3.05) is 39.9 Å². The van der Waals surface area contributed by atoms with E-state index in [9.17, 15) is 0 Å². The van der Waals surface area contributed by atoms with Gasteiger partial charge in [-0.3, -0.25) is 4.99 Å². The van der Waals surface area contributed by atoms with Gasteiger partial charge < -0.3 is 15.0 Å². The van der Waals surface area contributed by atoms with Crippen LogP contribution >= 0.6 is 35.3 Å². The Morgan fingerprint density at radius 2 is 2.33 bits per heavy atom. The molecule has 1 aliphatic rings. The van der Waals surface area contributed by atoms with Crippen molar-refractivity contribution in [3.05, 3.63) is 16.1 Å². The third kappa shape index (κ3) is 7.23. The van der Waals surface area contributed by atoms with Gasteiger partial charge in [0.2, 0.25) is 0 Å². The molecule has 0 aliphatic carbocycles. The van der Waals surface area contributed by atoms with Gasteiger partial charge in [0.15, 0.2) is 5.96 Å². The SMILES string of the molecule is CCNC(=NCCCCc1nc(C)cs1)N1CCC(COC)C1.I. The van der Waals surface area contributed by atoms with E-state index in [1.807, 2.05) is 0 Å². The average Bonchev–Trinajstić information content (AvgIpc) is 3.15. The molecule has 0 radical (unpaired) electrons. The predicted molar refractivity (Wildman–Crippen MR) is 113 cm³/mol. The smallest absolute Gasteiger partial charge is 0.193 e. The Labute approximate surface area is 167 Å². The van der Waals surface area contributed by atoms with E-state index in [4.69, 9.17) is 9.73 Å². The first kappa shape index (κ1) is 21.6. The van der Waals surface area contributed by atoms with Gasteiger partial charge in [0, 0.05) is 50.3 Å². The monoisotopic (exact) mass is 466 g/mol. The van der Waals surface area contributed by atoms with Crippen LogP contribution in [0.4, 0.5) is 0 Å². The Morgan fingerprint density at radius 1 is 1.50 bits per heavy atom. The number of hydrogen-bond donors (Lipinski definition) is 1. The summed E-state index contributed by atoms with van der Waals surface area (Å²) in [5.74, 6) is 1.70. The predicted octanol–water partition coefficient (Wildman–Crippen LogP) is 3.33. The summed E-state index contributed by atoms with van der Waals surface area (Å²) in [5, 5.41) is 6.80. The molecule has 1 N–H and O–H groups in total. The highest BCUT2D eigenvalue weighted by molar-refractivity contribution is 14.0. The average molecular weight is 466 g/mol. The van der Waals surface area contributed by atoms with Crippen molar-refractivity contribution < 1.29 is 4.74 Å². The zero-order chi connectivity index (χ0) is 16.5. The van der Waals surface area contributed by atoms with E-state index in [-0.39, 0.29) is 24.0 Å². The van der Waals surface area contributed by atoms with E-state index < -0.39 is 0 Å². The molecule has 5 nitrogen and oxygen atoms in total. The quantitative estimate of drug-likeness (QED) is 0.277. The van der Waals surface area contributed by atoms with Crippen LogP contribution in [0.3, 0.4) is 0 Å². The molecular formula is C17H31IN4OS. The van der Waals surface area contributed by atoms with Crippen LogP contribution in [0.2, 0.25) is 0 Å². The second kappa shape index (κ2) is 12.0. The first-order chi connectivity index (χ1) is 11.2. The highest BCUT2D eigenvalue weighted by atomic mass is 127. The van der Waals surface area contributed by atoms with Crippen LogP contribution in [0.15, 0.2) is 10.4 Å². The van der Waals surface area contributed by atoms with Gasteiger partial charge in [-0.05, 0) is 39.5 Å². The van der Waals surface area contributed by atoms with Crippen LogP contribution in [0.5, 0.6) is 0 Å². The number of unbranched alkanes of at least 4 members (excludes halogenated alkanes) is 1. The number of aryl methyl sites for hydroxylation is 2. The normalized spacial score (nSPS) is 17.9. The molecule has 138 valence electrons. The van der Waals surface area contributed by atoms with Gasteiger partial charge in [0.05, 0.1) is 11.6 Å². The largest absolute Gasteiger partial charge is 0.384 e. The molecule has 24 heavy (non-hydrogen) atoms. The van der Waals surface area contributed by atoms with Crippen LogP contribution < -0.4 is 5.32 Å². The highest BCUT2D eigenvalue weighted by Gasteiger charge is 2.24. The molecule has 2 heterocycles. The van der Waals surface area contributed by atoms with Gasteiger partial charge in [-0.15, -0.1) is 35.3 Å². The number of thiazole rings is 1. The number of nitrogens with zero attached hydrogens (tertiary/aromatic N) is 3. The Hall–Kier alpha value is -0.410. The third-order valence-electron chi connectivity index (χ3n) is 4.05. The van der Waals surface area contributed by atoms with Crippen molar-refractivity contribution >= 4 is 41.3 Å². The van der Waals surface area contributed by atoms with E-state index in [0.717, 1.165) is 63.7 Å². The van der Waals surface area contributed by atoms with Gasteiger partial charge in [0.1, 0.15) is 0 Å². The zero-order valence-electron chi connectivity index (χ0n) is 15.1. The maximum atomic E-state index is 5.28. The van der Waals surface area contributed by atoms with E-state index in [1.165, 1.54) is 11.4 Å². The van der Waals surface area contributed by atoms with Crippen LogP contribution in [-0.2, 0) is 11.2 Å². The molecule has 1 atom stereocenters. The number of aromatic nitrogens is 1. The van der Waals surface area contributed by atoms with Crippen LogP contribution in [0, 0.1) is 12.8 Å².